The highest BCUT2D eigenvalue weighted by Crippen LogP contribution is 2.31. The summed E-state index contributed by atoms with van der Waals surface area (Å²) in [6.07, 6.45) is 1.26. The molecule has 1 aliphatic heterocycles. The van der Waals surface area contributed by atoms with Crippen LogP contribution in [0.15, 0.2) is 83.2 Å². The van der Waals surface area contributed by atoms with Crippen molar-refractivity contribution in [1.82, 2.24) is 9.55 Å². The molecule has 3 atom stereocenters. The number of benzene rings is 2. The number of esters is 1. The number of aromatic nitrogens is 2. The first-order chi connectivity index (χ1) is 16.0. The second-order valence-electron chi connectivity index (χ2n) is 7.75. The number of aryl methyl sites for hydroxylation is 1. The fourth-order valence-electron chi connectivity index (χ4n) is 3.77. The highest BCUT2D eigenvalue weighted by atomic mass is 16.6. The molecule has 3 aromatic rings. The first kappa shape index (κ1) is 22.3. The van der Waals surface area contributed by atoms with Crippen molar-refractivity contribution in [3.63, 3.8) is 0 Å². The minimum atomic E-state index is -0.792. The summed E-state index contributed by atoms with van der Waals surface area (Å²) < 4.78 is 18.2. The van der Waals surface area contributed by atoms with Gasteiger partial charge in [-0.15, -0.1) is 0 Å². The number of H-pyrrole nitrogens is 1. The molecule has 1 N–H and O–H groups in total. The predicted octanol–water partition coefficient (Wildman–Crippen LogP) is 3.19. The van der Waals surface area contributed by atoms with Gasteiger partial charge >= 0.3 is 11.7 Å². The number of carbonyl (C=O) groups excluding carboxylic acids is 1. The van der Waals surface area contributed by atoms with Gasteiger partial charge in [0.2, 0.25) is 0 Å². The highest BCUT2D eigenvalue weighted by molar-refractivity contribution is 5.90. The van der Waals surface area contributed by atoms with E-state index in [2.05, 4.69) is 11.6 Å². The largest absolute Gasteiger partial charge is 0.494 e. The van der Waals surface area contributed by atoms with Crippen LogP contribution >= 0.6 is 0 Å². The Labute approximate surface area is 190 Å². The Balaban J connectivity index is 1.41. The summed E-state index contributed by atoms with van der Waals surface area (Å²) in [4.78, 5) is 38.7. The Kier molecular flexibility index (Phi) is 6.55. The Morgan fingerprint density at radius 1 is 1.15 bits per heavy atom. The molecule has 1 saturated heterocycles. The van der Waals surface area contributed by atoms with Crippen molar-refractivity contribution < 1.29 is 19.0 Å². The van der Waals surface area contributed by atoms with E-state index in [4.69, 9.17) is 14.2 Å². The van der Waals surface area contributed by atoms with Crippen LogP contribution < -0.4 is 11.2 Å². The minimum absolute atomic E-state index is 0.0101. The fraction of sp³-hybridized carbons (Fsp3) is 0.240. The van der Waals surface area contributed by atoms with Crippen LogP contribution in [-0.4, -0.2) is 34.3 Å². The molecule has 0 radical (unpaired) electrons. The number of hydrogen-bond acceptors (Lipinski definition) is 6. The first-order valence-electron chi connectivity index (χ1n) is 10.5. The topological polar surface area (TPSA) is 99.6 Å². The van der Waals surface area contributed by atoms with Crippen LogP contribution in [0.25, 0.3) is 11.1 Å². The van der Waals surface area contributed by atoms with Gasteiger partial charge in [0.05, 0.1) is 17.9 Å². The molecule has 0 saturated carbocycles. The molecule has 1 aliphatic rings. The third kappa shape index (κ3) is 4.96. The molecule has 1 fully saturated rings. The molecule has 3 unspecified atom stereocenters. The number of ether oxygens (including phenoxy) is 3. The van der Waals surface area contributed by atoms with E-state index >= 15 is 0 Å². The summed E-state index contributed by atoms with van der Waals surface area (Å²) in [6, 6.07) is 17.0. The third-order valence-electron chi connectivity index (χ3n) is 5.46. The fourth-order valence-corrected chi connectivity index (χ4v) is 3.77. The normalized spacial score (nSPS) is 19.7. The van der Waals surface area contributed by atoms with Crippen molar-refractivity contribution in [2.45, 2.75) is 31.8 Å². The van der Waals surface area contributed by atoms with Crippen molar-refractivity contribution in [2.75, 3.05) is 6.61 Å². The van der Waals surface area contributed by atoms with E-state index in [0.717, 1.165) is 11.1 Å². The highest BCUT2D eigenvalue weighted by Gasteiger charge is 2.39. The van der Waals surface area contributed by atoms with Gasteiger partial charge in [-0.2, -0.15) is 0 Å². The maximum absolute atomic E-state index is 12.5. The number of aromatic amines is 1. The van der Waals surface area contributed by atoms with Crippen molar-refractivity contribution in [3.05, 3.63) is 106 Å². The quantitative estimate of drug-likeness (QED) is 0.440. The van der Waals surface area contributed by atoms with Crippen LogP contribution in [0.4, 0.5) is 0 Å². The molecule has 0 aliphatic carbocycles. The van der Waals surface area contributed by atoms with Crippen LogP contribution in [0.5, 0.6) is 0 Å². The zero-order chi connectivity index (χ0) is 23.4. The first-order valence-corrected chi connectivity index (χ1v) is 10.5. The molecule has 2 aromatic carbocycles. The summed E-state index contributed by atoms with van der Waals surface area (Å²) >= 11 is 0. The summed E-state index contributed by atoms with van der Waals surface area (Å²) in [7, 11) is 0. The van der Waals surface area contributed by atoms with E-state index in [1.165, 1.54) is 17.0 Å². The number of hydrogen-bond donors (Lipinski definition) is 1. The summed E-state index contributed by atoms with van der Waals surface area (Å²) in [5, 5.41) is 0. The second kappa shape index (κ2) is 9.70. The van der Waals surface area contributed by atoms with E-state index in [9.17, 15) is 14.4 Å². The maximum Gasteiger partial charge on any atom is 0.338 e. The Morgan fingerprint density at radius 3 is 2.55 bits per heavy atom. The molecule has 0 spiro atoms. The van der Waals surface area contributed by atoms with Gasteiger partial charge in [-0.1, -0.05) is 49.0 Å². The molecule has 8 heteroatoms. The van der Waals surface area contributed by atoms with Crippen molar-refractivity contribution in [3.8, 4) is 11.1 Å². The summed E-state index contributed by atoms with van der Waals surface area (Å²) in [5.41, 5.74) is 1.78. The van der Waals surface area contributed by atoms with Crippen LogP contribution in [0.3, 0.4) is 0 Å². The van der Waals surface area contributed by atoms with Crippen LogP contribution in [0.1, 0.15) is 28.6 Å². The molecule has 8 nitrogen and oxygen atoms in total. The van der Waals surface area contributed by atoms with Gasteiger partial charge < -0.3 is 14.2 Å². The zero-order valence-electron chi connectivity index (χ0n) is 18.1. The zero-order valence-corrected chi connectivity index (χ0v) is 18.1. The van der Waals surface area contributed by atoms with Crippen LogP contribution in [-0.2, 0) is 14.2 Å². The molecule has 4 rings (SSSR count). The second-order valence-corrected chi connectivity index (χ2v) is 7.75. The smallest absolute Gasteiger partial charge is 0.338 e. The molecule has 170 valence electrons. The van der Waals surface area contributed by atoms with Gasteiger partial charge in [0.15, 0.2) is 6.23 Å². The Morgan fingerprint density at radius 2 is 1.85 bits per heavy atom. The van der Waals surface area contributed by atoms with Gasteiger partial charge in [-0.25, -0.2) is 9.59 Å². The van der Waals surface area contributed by atoms with E-state index in [1.54, 1.807) is 19.1 Å². The maximum atomic E-state index is 12.5. The lowest BCUT2D eigenvalue weighted by atomic mass is 10.0. The Bertz CT molecular complexity index is 1250. The number of nitrogens with zero attached hydrogens (tertiary/aromatic N) is 1. The van der Waals surface area contributed by atoms with Crippen molar-refractivity contribution >= 4 is 5.97 Å². The standard InChI is InChI=1S/C25H24N2O6/c1-3-31-21-13-20(33-23(21)27-14-16(2)22(28)26-25(27)30)15-32-24(29)19-11-9-18(10-12-19)17-7-5-4-6-8-17/h3-12,14,20-21,23H,1,13,15H2,2H3,(H,26,28,30). The minimum Gasteiger partial charge on any atom is -0.494 e. The molecular weight excluding hydrogens is 424 g/mol. The lowest BCUT2D eigenvalue weighted by Crippen LogP contribution is -2.36. The van der Waals surface area contributed by atoms with Crippen molar-refractivity contribution in [1.29, 1.82) is 0 Å². The van der Waals surface area contributed by atoms with Gasteiger partial charge in [-0.05, 0) is 30.2 Å². The van der Waals surface area contributed by atoms with Gasteiger partial charge in [0, 0.05) is 18.2 Å². The molecule has 0 bridgehead atoms. The summed E-state index contributed by atoms with van der Waals surface area (Å²) in [6.45, 7) is 5.15. The van der Waals surface area contributed by atoms with Gasteiger partial charge in [0.25, 0.3) is 5.56 Å². The van der Waals surface area contributed by atoms with E-state index in [0.29, 0.717) is 17.5 Å². The van der Waals surface area contributed by atoms with Crippen LogP contribution in [0, 0.1) is 6.92 Å². The predicted molar refractivity (Wildman–Crippen MR) is 122 cm³/mol. The molecular formula is C25H24N2O6. The molecule has 2 heterocycles. The SMILES string of the molecule is C=COC1CC(COC(=O)c2ccc(-c3ccccc3)cc2)OC1n1cc(C)c(=O)[nH]c1=O. The van der Waals surface area contributed by atoms with Crippen LogP contribution in [0.2, 0.25) is 0 Å². The number of carbonyl (C=O) groups is 1. The average molecular weight is 448 g/mol. The van der Waals surface area contributed by atoms with Gasteiger partial charge in [0.1, 0.15) is 12.7 Å². The molecule has 0 amide bonds. The lowest BCUT2D eigenvalue weighted by molar-refractivity contribution is -0.0594. The number of rotatable bonds is 7. The summed E-state index contributed by atoms with van der Waals surface area (Å²) in [5.74, 6) is -0.472. The Hall–Kier alpha value is -3.91. The van der Waals surface area contributed by atoms with Gasteiger partial charge in [-0.3, -0.25) is 14.3 Å². The van der Waals surface area contributed by atoms with E-state index in [1.807, 2.05) is 42.5 Å². The molecule has 33 heavy (non-hydrogen) atoms. The number of nitrogens with one attached hydrogen (secondary N) is 1. The van der Waals surface area contributed by atoms with Crippen molar-refractivity contribution in [2.24, 2.45) is 0 Å². The van der Waals surface area contributed by atoms with E-state index in [-0.39, 0.29) is 6.61 Å². The molecule has 1 aromatic heterocycles. The average Bonchev–Trinajstić information content (AvgIpc) is 3.23. The van der Waals surface area contributed by atoms with E-state index < -0.39 is 35.7 Å². The third-order valence-corrected chi connectivity index (χ3v) is 5.46. The monoisotopic (exact) mass is 448 g/mol. The lowest BCUT2D eigenvalue weighted by Gasteiger charge is -2.20.